The van der Waals surface area contributed by atoms with Crippen molar-refractivity contribution in [1.29, 1.82) is 0 Å². The SMILES string of the molecule is O=C(O)c1cc(F)ccc1NC(=O)C1CNC1. The van der Waals surface area contributed by atoms with Crippen LogP contribution in [0.1, 0.15) is 10.4 Å². The van der Waals surface area contributed by atoms with Crippen LogP contribution in [0.2, 0.25) is 0 Å². The summed E-state index contributed by atoms with van der Waals surface area (Å²) in [6.45, 7) is 1.16. The van der Waals surface area contributed by atoms with E-state index in [1.54, 1.807) is 0 Å². The molecule has 5 nitrogen and oxygen atoms in total. The van der Waals surface area contributed by atoms with E-state index < -0.39 is 11.8 Å². The third-order valence-electron chi connectivity index (χ3n) is 2.62. The maximum Gasteiger partial charge on any atom is 0.337 e. The molecular formula is C11H11FN2O3. The molecule has 0 aliphatic carbocycles. The van der Waals surface area contributed by atoms with Gasteiger partial charge in [-0.25, -0.2) is 9.18 Å². The Hall–Kier alpha value is -1.95. The number of carboxylic acid groups (broad SMARTS) is 1. The van der Waals surface area contributed by atoms with Crippen LogP contribution in [0.4, 0.5) is 10.1 Å². The number of aromatic carboxylic acids is 1. The van der Waals surface area contributed by atoms with E-state index >= 15 is 0 Å². The first kappa shape index (κ1) is 11.5. The summed E-state index contributed by atoms with van der Waals surface area (Å²) in [5, 5.41) is 14.3. The van der Waals surface area contributed by atoms with Crippen molar-refractivity contribution in [3.63, 3.8) is 0 Å². The van der Waals surface area contributed by atoms with Gasteiger partial charge in [0.25, 0.3) is 0 Å². The lowest BCUT2D eigenvalue weighted by molar-refractivity contribution is -0.121. The van der Waals surface area contributed by atoms with Crippen molar-refractivity contribution in [1.82, 2.24) is 5.32 Å². The smallest absolute Gasteiger partial charge is 0.337 e. The van der Waals surface area contributed by atoms with Crippen molar-refractivity contribution in [3.8, 4) is 0 Å². The highest BCUT2D eigenvalue weighted by Crippen LogP contribution is 2.18. The van der Waals surface area contributed by atoms with E-state index in [0.29, 0.717) is 13.1 Å². The van der Waals surface area contributed by atoms with Gasteiger partial charge >= 0.3 is 5.97 Å². The molecule has 0 bridgehead atoms. The lowest BCUT2D eigenvalue weighted by atomic mass is 10.0. The van der Waals surface area contributed by atoms with E-state index in [1.807, 2.05) is 0 Å². The largest absolute Gasteiger partial charge is 0.478 e. The zero-order valence-electron chi connectivity index (χ0n) is 8.87. The summed E-state index contributed by atoms with van der Waals surface area (Å²) in [6.07, 6.45) is 0. The minimum atomic E-state index is -1.27. The molecule has 0 atom stereocenters. The van der Waals surface area contributed by atoms with Crippen molar-refractivity contribution in [2.45, 2.75) is 0 Å². The van der Waals surface area contributed by atoms with Gasteiger partial charge in [-0.15, -0.1) is 0 Å². The Morgan fingerprint density at radius 3 is 2.65 bits per heavy atom. The molecule has 2 rings (SSSR count). The number of hydrogen-bond acceptors (Lipinski definition) is 3. The number of halogens is 1. The van der Waals surface area contributed by atoms with Crippen LogP contribution in [0.5, 0.6) is 0 Å². The van der Waals surface area contributed by atoms with Crippen LogP contribution in [-0.2, 0) is 4.79 Å². The van der Waals surface area contributed by atoms with Gasteiger partial charge in [-0.2, -0.15) is 0 Å². The second-order valence-electron chi connectivity index (χ2n) is 3.84. The topological polar surface area (TPSA) is 78.4 Å². The van der Waals surface area contributed by atoms with Gasteiger partial charge in [-0.05, 0) is 18.2 Å². The first-order valence-corrected chi connectivity index (χ1v) is 5.12. The maximum atomic E-state index is 12.9. The van der Waals surface area contributed by atoms with Gasteiger partial charge in [0.15, 0.2) is 0 Å². The average Bonchev–Trinajstić information content (AvgIpc) is 2.17. The lowest BCUT2D eigenvalue weighted by Crippen LogP contribution is -2.48. The number of carboxylic acids is 1. The van der Waals surface area contributed by atoms with Crippen molar-refractivity contribution in [3.05, 3.63) is 29.6 Å². The number of amides is 1. The van der Waals surface area contributed by atoms with Gasteiger partial charge in [0.2, 0.25) is 5.91 Å². The molecule has 3 N–H and O–H groups in total. The third kappa shape index (κ3) is 2.42. The summed E-state index contributed by atoms with van der Waals surface area (Å²) in [7, 11) is 0. The molecule has 90 valence electrons. The molecule has 1 heterocycles. The van der Waals surface area contributed by atoms with E-state index in [2.05, 4.69) is 10.6 Å². The highest BCUT2D eigenvalue weighted by Gasteiger charge is 2.25. The number of benzene rings is 1. The Kier molecular flexibility index (Phi) is 3.06. The second-order valence-corrected chi connectivity index (χ2v) is 3.84. The van der Waals surface area contributed by atoms with Gasteiger partial charge in [-0.3, -0.25) is 4.79 Å². The number of rotatable bonds is 3. The van der Waals surface area contributed by atoms with Gasteiger partial charge in [0.1, 0.15) is 5.82 Å². The number of carbonyl (C=O) groups is 2. The number of anilines is 1. The third-order valence-corrected chi connectivity index (χ3v) is 2.62. The number of carbonyl (C=O) groups excluding carboxylic acids is 1. The molecule has 1 aromatic carbocycles. The zero-order valence-corrected chi connectivity index (χ0v) is 8.87. The van der Waals surface area contributed by atoms with Crippen molar-refractivity contribution < 1.29 is 19.1 Å². The fraction of sp³-hybridized carbons (Fsp3) is 0.273. The zero-order chi connectivity index (χ0) is 12.4. The van der Waals surface area contributed by atoms with Crippen molar-refractivity contribution in [2.75, 3.05) is 18.4 Å². The molecule has 1 amide bonds. The summed E-state index contributed by atoms with van der Waals surface area (Å²) in [5.41, 5.74) is -0.124. The van der Waals surface area contributed by atoms with E-state index in [0.717, 1.165) is 12.1 Å². The second kappa shape index (κ2) is 4.50. The molecular weight excluding hydrogens is 227 g/mol. The molecule has 1 aliphatic heterocycles. The summed E-state index contributed by atoms with van der Waals surface area (Å²) in [5.74, 6) is -2.32. The summed E-state index contributed by atoms with van der Waals surface area (Å²) in [4.78, 5) is 22.5. The highest BCUT2D eigenvalue weighted by molar-refractivity contribution is 6.01. The molecule has 17 heavy (non-hydrogen) atoms. The minimum Gasteiger partial charge on any atom is -0.478 e. The summed E-state index contributed by atoms with van der Waals surface area (Å²) < 4.78 is 12.9. The first-order chi connectivity index (χ1) is 8.08. The molecule has 0 spiro atoms. The molecule has 6 heteroatoms. The van der Waals surface area contributed by atoms with Crippen LogP contribution in [0, 0.1) is 11.7 Å². The Morgan fingerprint density at radius 2 is 2.12 bits per heavy atom. The van der Waals surface area contributed by atoms with E-state index in [9.17, 15) is 14.0 Å². The summed E-state index contributed by atoms with van der Waals surface area (Å²) >= 11 is 0. The standard InChI is InChI=1S/C11H11FN2O3/c12-7-1-2-9(8(3-7)11(16)17)14-10(15)6-4-13-5-6/h1-3,6,13H,4-5H2,(H,14,15)(H,16,17). The molecule has 1 aliphatic rings. The van der Waals surface area contributed by atoms with E-state index in [1.165, 1.54) is 6.07 Å². The minimum absolute atomic E-state index is 0.121. The average molecular weight is 238 g/mol. The first-order valence-electron chi connectivity index (χ1n) is 5.12. The van der Waals surface area contributed by atoms with Gasteiger partial charge in [-0.1, -0.05) is 0 Å². The normalized spacial score (nSPS) is 15.1. The van der Waals surface area contributed by atoms with Gasteiger partial charge in [0.05, 0.1) is 17.2 Å². The summed E-state index contributed by atoms with van der Waals surface area (Å²) in [6, 6.07) is 3.25. The monoisotopic (exact) mass is 238 g/mol. The Bertz CT molecular complexity index is 472. The van der Waals surface area contributed by atoms with Crippen LogP contribution >= 0.6 is 0 Å². The Labute approximate surface area is 96.6 Å². The molecule has 0 unspecified atom stereocenters. The Balaban J connectivity index is 2.19. The number of nitrogens with one attached hydrogen (secondary N) is 2. The predicted molar refractivity (Wildman–Crippen MR) is 58.3 cm³/mol. The molecule has 0 radical (unpaired) electrons. The van der Waals surface area contributed by atoms with Crippen molar-refractivity contribution >= 4 is 17.6 Å². The Morgan fingerprint density at radius 1 is 1.41 bits per heavy atom. The predicted octanol–water partition coefficient (Wildman–Crippen LogP) is 0.682. The van der Waals surface area contributed by atoms with Crippen LogP contribution in [0.3, 0.4) is 0 Å². The van der Waals surface area contributed by atoms with Crippen molar-refractivity contribution in [2.24, 2.45) is 5.92 Å². The van der Waals surface area contributed by atoms with Crippen LogP contribution in [-0.4, -0.2) is 30.1 Å². The van der Waals surface area contributed by atoms with Crippen LogP contribution in [0.15, 0.2) is 18.2 Å². The van der Waals surface area contributed by atoms with Crippen LogP contribution < -0.4 is 10.6 Å². The fourth-order valence-electron chi connectivity index (χ4n) is 1.51. The van der Waals surface area contributed by atoms with E-state index in [-0.39, 0.29) is 23.1 Å². The maximum absolute atomic E-state index is 12.9. The fourth-order valence-corrected chi connectivity index (χ4v) is 1.51. The van der Waals surface area contributed by atoms with Gasteiger partial charge in [0, 0.05) is 13.1 Å². The molecule has 1 fully saturated rings. The molecule has 1 aromatic rings. The van der Waals surface area contributed by atoms with E-state index in [4.69, 9.17) is 5.11 Å². The molecule has 0 saturated carbocycles. The molecule has 1 saturated heterocycles. The van der Waals surface area contributed by atoms with Crippen LogP contribution in [0.25, 0.3) is 0 Å². The highest BCUT2D eigenvalue weighted by atomic mass is 19.1. The van der Waals surface area contributed by atoms with Gasteiger partial charge < -0.3 is 15.7 Å². The number of hydrogen-bond donors (Lipinski definition) is 3. The molecule has 0 aromatic heterocycles. The quantitative estimate of drug-likeness (QED) is 0.723. The lowest BCUT2D eigenvalue weighted by Gasteiger charge is -2.26.